The van der Waals surface area contributed by atoms with Crippen LogP contribution in [0.3, 0.4) is 0 Å². The van der Waals surface area contributed by atoms with Crippen LogP contribution in [0.15, 0.2) is 48.8 Å². The fraction of sp³-hybridized carbons (Fsp3) is 0.483. The number of amides is 2. The smallest absolute Gasteiger partial charge is 0.321 e. The number of aromatic nitrogens is 2. The monoisotopic (exact) mass is 518 g/mol. The van der Waals surface area contributed by atoms with Gasteiger partial charge in [-0.3, -0.25) is 0 Å². The molecule has 3 heterocycles. The van der Waals surface area contributed by atoms with Gasteiger partial charge >= 0.3 is 6.03 Å². The molecule has 9 nitrogen and oxygen atoms in total. The van der Waals surface area contributed by atoms with Crippen molar-refractivity contribution in [2.45, 2.75) is 39.2 Å². The molecule has 0 spiro atoms. The molecule has 0 bridgehead atoms. The molecule has 2 aliphatic heterocycles. The molecule has 2 aromatic carbocycles. The number of anilines is 2. The highest BCUT2D eigenvalue weighted by molar-refractivity contribution is 5.91. The molecule has 3 aromatic rings. The Morgan fingerprint density at radius 3 is 2.61 bits per heavy atom. The molecule has 2 amide bonds. The van der Waals surface area contributed by atoms with Gasteiger partial charge < -0.3 is 29.9 Å². The SMILES string of the molecule is CC(C)Oc1ccc(NC(=O)N2CCN(c3ncnc4cc(OCCCC5CCNC5)ccc34)CC2)cc1. The molecule has 1 atom stereocenters. The minimum Gasteiger partial charge on any atom is -0.494 e. The third kappa shape index (κ3) is 6.64. The fourth-order valence-corrected chi connectivity index (χ4v) is 5.10. The maximum atomic E-state index is 12.8. The molecule has 1 unspecified atom stereocenters. The van der Waals surface area contributed by atoms with Gasteiger partial charge in [0.1, 0.15) is 23.6 Å². The summed E-state index contributed by atoms with van der Waals surface area (Å²) >= 11 is 0. The minimum atomic E-state index is -0.0966. The number of rotatable bonds is 9. The molecule has 5 rings (SSSR count). The highest BCUT2D eigenvalue weighted by Crippen LogP contribution is 2.27. The number of fused-ring (bicyclic) bond motifs is 1. The number of nitrogens with one attached hydrogen (secondary N) is 2. The van der Waals surface area contributed by atoms with Crippen LogP contribution in [0.5, 0.6) is 11.5 Å². The Morgan fingerprint density at radius 1 is 1.08 bits per heavy atom. The molecule has 9 heteroatoms. The van der Waals surface area contributed by atoms with Crippen LogP contribution in [-0.4, -0.2) is 72.9 Å². The van der Waals surface area contributed by atoms with Gasteiger partial charge in [-0.05, 0) is 88.5 Å². The Bertz CT molecular complexity index is 1200. The lowest BCUT2D eigenvalue weighted by Gasteiger charge is -2.35. The van der Waals surface area contributed by atoms with Crippen LogP contribution in [0.4, 0.5) is 16.3 Å². The molecule has 2 aliphatic rings. The summed E-state index contributed by atoms with van der Waals surface area (Å²) in [5, 5.41) is 7.41. The van der Waals surface area contributed by atoms with Crippen LogP contribution in [0.25, 0.3) is 10.9 Å². The number of nitrogens with zero attached hydrogens (tertiary/aromatic N) is 4. The molecular weight excluding hydrogens is 480 g/mol. The van der Waals surface area contributed by atoms with Crippen molar-refractivity contribution in [3.63, 3.8) is 0 Å². The van der Waals surface area contributed by atoms with Crippen molar-refractivity contribution in [1.82, 2.24) is 20.2 Å². The van der Waals surface area contributed by atoms with Gasteiger partial charge in [0.05, 0.1) is 18.2 Å². The van der Waals surface area contributed by atoms with E-state index in [1.165, 1.54) is 12.8 Å². The molecule has 0 aliphatic carbocycles. The highest BCUT2D eigenvalue weighted by Gasteiger charge is 2.23. The van der Waals surface area contributed by atoms with Crippen molar-refractivity contribution < 1.29 is 14.3 Å². The van der Waals surface area contributed by atoms with Gasteiger partial charge in [-0.15, -0.1) is 0 Å². The van der Waals surface area contributed by atoms with E-state index < -0.39 is 0 Å². The summed E-state index contributed by atoms with van der Waals surface area (Å²) in [4.78, 5) is 26.0. The van der Waals surface area contributed by atoms with E-state index in [0.29, 0.717) is 26.2 Å². The number of carbonyl (C=O) groups excluding carboxylic acids is 1. The third-order valence-corrected chi connectivity index (χ3v) is 7.12. The average Bonchev–Trinajstić information content (AvgIpc) is 3.45. The molecule has 0 radical (unpaired) electrons. The summed E-state index contributed by atoms with van der Waals surface area (Å²) in [5.41, 5.74) is 1.63. The third-order valence-electron chi connectivity index (χ3n) is 7.12. The predicted octanol–water partition coefficient (Wildman–Crippen LogP) is 4.54. The number of hydrogen-bond acceptors (Lipinski definition) is 7. The second kappa shape index (κ2) is 12.3. The van der Waals surface area contributed by atoms with Crippen LogP contribution in [0, 0.1) is 5.92 Å². The first-order valence-electron chi connectivity index (χ1n) is 13.7. The van der Waals surface area contributed by atoms with Crippen molar-refractivity contribution in [1.29, 1.82) is 0 Å². The Labute approximate surface area is 224 Å². The number of carbonyl (C=O) groups is 1. The van der Waals surface area contributed by atoms with Crippen LogP contribution < -0.4 is 25.0 Å². The number of urea groups is 1. The van der Waals surface area contributed by atoms with E-state index in [-0.39, 0.29) is 12.1 Å². The summed E-state index contributed by atoms with van der Waals surface area (Å²) in [6, 6.07) is 13.4. The number of benzene rings is 2. The van der Waals surface area contributed by atoms with Crippen LogP contribution in [0.1, 0.15) is 33.1 Å². The van der Waals surface area contributed by atoms with E-state index in [1.54, 1.807) is 6.33 Å². The predicted molar refractivity (Wildman–Crippen MR) is 150 cm³/mol. The Morgan fingerprint density at radius 2 is 1.87 bits per heavy atom. The Kier molecular flexibility index (Phi) is 8.43. The zero-order valence-electron chi connectivity index (χ0n) is 22.4. The van der Waals surface area contributed by atoms with Gasteiger partial charge in [0, 0.05) is 43.3 Å². The lowest BCUT2D eigenvalue weighted by molar-refractivity contribution is 0.208. The summed E-state index contributed by atoms with van der Waals surface area (Å²) in [6.45, 7) is 9.61. The van der Waals surface area contributed by atoms with E-state index in [0.717, 1.165) is 65.9 Å². The van der Waals surface area contributed by atoms with Crippen LogP contribution in [-0.2, 0) is 0 Å². The zero-order chi connectivity index (χ0) is 26.3. The molecule has 0 saturated carbocycles. The van der Waals surface area contributed by atoms with E-state index >= 15 is 0 Å². The van der Waals surface area contributed by atoms with Gasteiger partial charge in [0.15, 0.2) is 0 Å². The van der Waals surface area contributed by atoms with E-state index in [9.17, 15) is 4.79 Å². The standard InChI is InChI=1S/C29H38N6O3/c1-21(2)38-24-7-5-23(6-8-24)33-29(36)35-15-13-34(14-16-35)28-26-10-9-25(18-27(26)31-20-32-28)37-17-3-4-22-11-12-30-19-22/h5-10,18,20-22,30H,3-4,11-17,19H2,1-2H3,(H,33,36). The second-order valence-electron chi connectivity index (χ2n) is 10.3. The Balaban J connectivity index is 1.13. The number of piperazine rings is 1. The van der Waals surface area contributed by atoms with Gasteiger partial charge in [-0.1, -0.05) is 0 Å². The molecule has 2 N–H and O–H groups in total. The summed E-state index contributed by atoms with van der Waals surface area (Å²) in [5.74, 6) is 3.32. The van der Waals surface area contributed by atoms with Crippen molar-refractivity contribution in [2.75, 3.05) is 56.1 Å². The first kappa shape index (κ1) is 26.0. The van der Waals surface area contributed by atoms with Gasteiger partial charge in [-0.25, -0.2) is 14.8 Å². The molecule has 2 saturated heterocycles. The first-order chi connectivity index (χ1) is 18.5. The molecule has 1 aromatic heterocycles. The summed E-state index contributed by atoms with van der Waals surface area (Å²) < 4.78 is 11.7. The van der Waals surface area contributed by atoms with Gasteiger partial charge in [-0.2, -0.15) is 0 Å². The fourth-order valence-electron chi connectivity index (χ4n) is 5.10. The first-order valence-corrected chi connectivity index (χ1v) is 13.7. The van der Waals surface area contributed by atoms with E-state index in [1.807, 2.05) is 61.2 Å². The van der Waals surface area contributed by atoms with Crippen LogP contribution >= 0.6 is 0 Å². The van der Waals surface area contributed by atoms with Gasteiger partial charge in [0.2, 0.25) is 0 Å². The lowest BCUT2D eigenvalue weighted by Crippen LogP contribution is -2.50. The Hall–Kier alpha value is -3.59. The molecular formula is C29H38N6O3. The highest BCUT2D eigenvalue weighted by atomic mass is 16.5. The minimum absolute atomic E-state index is 0.0966. The summed E-state index contributed by atoms with van der Waals surface area (Å²) in [6.07, 6.45) is 5.27. The second-order valence-corrected chi connectivity index (χ2v) is 10.3. The van der Waals surface area contributed by atoms with Crippen LogP contribution in [0.2, 0.25) is 0 Å². The quantitative estimate of drug-likeness (QED) is 0.402. The molecule has 2 fully saturated rings. The number of hydrogen-bond donors (Lipinski definition) is 2. The maximum absolute atomic E-state index is 12.8. The summed E-state index contributed by atoms with van der Waals surface area (Å²) in [7, 11) is 0. The average molecular weight is 519 g/mol. The number of ether oxygens (including phenoxy) is 2. The van der Waals surface area contributed by atoms with Crippen molar-refractivity contribution in [3.05, 3.63) is 48.8 Å². The zero-order valence-corrected chi connectivity index (χ0v) is 22.4. The van der Waals surface area contributed by atoms with Crippen molar-refractivity contribution in [2.24, 2.45) is 5.92 Å². The normalized spacial score (nSPS) is 17.7. The lowest BCUT2D eigenvalue weighted by atomic mass is 10.0. The molecule has 202 valence electrons. The van der Waals surface area contributed by atoms with E-state index in [2.05, 4.69) is 25.5 Å². The molecule has 38 heavy (non-hydrogen) atoms. The van der Waals surface area contributed by atoms with Crippen molar-refractivity contribution >= 4 is 28.4 Å². The van der Waals surface area contributed by atoms with Crippen molar-refractivity contribution in [3.8, 4) is 11.5 Å². The maximum Gasteiger partial charge on any atom is 0.321 e. The van der Waals surface area contributed by atoms with Gasteiger partial charge in [0.25, 0.3) is 0 Å². The van der Waals surface area contributed by atoms with E-state index in [4.69, 9.17) is 9.47 Å². The topological polar surface area (TPSA) is 91.9 Å². The largest absolute Gasteiger partial charge is 0.494 e.